The lowest BCUT2D eigenvalue weighted by molar-refractivity contribution is 0.154. The number of ether oxygens (including phenoxy) is 1. The number of anilines is 1. The molecular weight excluding hydrogens is 226 g/mol. The average molecular weight is 251 g/mol. The van der Waals surface area contributed by atoms with Crippen LogP contribution in [-0.2, 0) is 4.74 Å². The summed E-state index contributed by atoms with van der Waals surface area (Å²) < 4.78 is 5.39. The van der Waals surface area contributed by atoms with Gasteiger partial charge >= 0.3 is 0 Å². The van der Waals surface area contributed by atoms with E-state index < -0.39 is 0 Å². The van der Waals surface area contributed by atoms with E-state index in [0.717, 1.165) is 32.1 Å². The first-order valence-electron chi connectivity index (χ1n) is 6.67. The molecule has 0 spiro atoms. The topological polar surface area (TPSA) is 37.4 Å². The molecule has 1 atom stereocenters. The van der Waals surface area contributed by atoms with Gasteiger partial charge < -0.3 is 15.0 Å². The van der Waals surface area contributed by atoms with Crippen LogP contribution in [0.1, 0.15) is 32.4 Å². The van der Waals surface area contributed by atoms with Crippen molar-refractivity contribution in [2.24, 2.45) is 0 Å². The first-order valence-corrected chi connectivity index (χ1v) is 6.67. The Morgan fingerprint density at radius 2 is 2.22 bits per heavy atom. The van der Waals surface area contributed by atoms with Crippen molar-refractivity contribution < 1.29 is 4.74 Å². The van der Waals surface area contributed by atoms with Gasteiger partial charge in [-0.2, -0.15) is 0 Å². The molecule has 0 saturated carbocycles. The molecular formula is C14H25N3O. The Morgan fingerprint density at radius 1 is 1.44 bits per heavy atom. The molecule has 1 heterocycles. The second-order valence-corrected chi connectivity index (χ2v) is 4.31. The second-order valence-electron chi connectivity index (χ2n) is 4.31. The fourth-order valence-corrected chi connectivity index (χ4v) is 1.93. The van der Waals surface area contributed by atoms with Crippen molar-refractivity contribution in [3.8, 4) is 0 Å². The Bertz CT molecular complexity index is 344. The molecule has 0 aliphatic heterocycles. The normalized spacial score (nSPS) is 12.4. The number of pyridine rings is 1. The highest BCUT2D eigenvalue weighted by Crippen LogP contribution is 2.22. The second kappa shape index (κ2) is 8.06. The van der Waals surface area contributed by atoms with E-state index in [1.54, 1.807) is 0 Å². The van der Waals surface area contributed by atoms with E-state index in [4.69, 9.17) is 4.74 Å². The van der Waals surface area contributed by atoms with Gasteiger partial charge in [-0.3, -0.25) is 0 Å². The molecule has 1 aromatic rings. The third-order valence-electron chi connectivity index (χ3n) is 2.93. The van der Waals surface area contributed by atoms with Crippen LogP contribution >= 0.6 is 0 Å². The first kappa shape index (κ1) is 14.9. The van der Waals surface area contributed by atoms with Crippen molar-refractivity contribution in [1.29, 1.82) is 0 Å². The highest BCUT2D eigenvalue weighted by molar-refractivity contribution is 5.47. The Morgan fingerprint density at radius 3 is 2.89 bits per heavy atom. The van der Waals surface area contributed by atoms with Crippen LogP contribution in [0.15, 0.2) is 18.3 Å². The summed E-state index contributed by atoms with van der Waals surface area (Å²) in [6.45, 7) is 9.61. The zero-order chi connectivity index (χ0) is 13.4. The van der Waals surface area contributed by atoms with Gasteiger partial charge in [-0.25, -0.2) is 4.98 Å². The van der Waals surface area contributed by atoms with Crippen LogP contribution in [0.4, 0.5) is 5.82 Å². The maximum Gasteiger partial charge on any atom is 0.133 e. The van der Waals surface area contributed by atoms with E-state index >= 15 is 0 Å². The molecule has 0 saturated heterocycles. The lowest BCUT2D eigenvalue weighted by Crippen LogP contribution is -2.27. The molecule has 1 N–H and O–H groups in total. The Balaban J connectivity index is 2.74. The average Bonchev–Trinajstić information content (AvgIpc) is 2.39. The molecule has 0 aromatic carbocycles. The predicted molar refractivity (Wildman–Crippen MR) is 76.1 cm³/mol. The SMILES string of the molecule is CCNC(C)c1cccnc1N(C)CCOCC. The highest BCUT2D eigenvalue weighted by atomic mass is 16.5. The van der Waals surface area contributed by atoms with E-state index in [2.05, 4.69) is 42.2 Å². The number of hydrogen-bond acceptors (Lipinski definition) is 4. The number of nitrogens with zero attached hydrogens (tertiary/aromatic N) is 2. The number of aromatic nitrogens is 1. The van der Waals surface area contributed by atoms with Crippen LogP contribution in [0.5, 0.6) is 0 Å². The van der Waals surface area contributed by atoms with Crippen LogP contribution in [0.3, 0.4) is 0 Å². The molecule has 0 amide bonds. The number of rotatable bonds is 8. The molecule has 1 unspecified atom stereocenters. The monoisotopic (exact) mass is 251 g/mol. The van der Waals surface area contributed by atoms with Crippen LogP contribution in [0.2, 0.25) is 0 Å². The lowest BCUT2D eigenvalue weighted by Gasteiger charge is -2.24. The van der Waals surface area contributed by atoms with Crippen molar-refractivity contribution in [3.05, 3.63) is 23.9 Å². The molecule has 0 aliphatic rings. The summed E-state index contributed by atoms with van der Waals surface area (Å²) in [5.74, 6) is 1.03. The van der Waals surface area contributed by atoms with Crippen molar-refractivity contribution in [3.63, 3.8) is 0 Å². The van der Waals surface area contributed by atoms with Gasteiger partial charge in [0.15, 0.2) is 0 Å². The molecule has 0 fully saturated rings. The standard InChI is InChI=1S/C14H25N3O/c1-5-15-12(3)13-8-7-9-16-14(13)17(4)10-11-18-6-2/h7-9,12,15H,5-6,10-11H2,1-4H3. The van der Waals surface area contributed by atoms with Crippen molar-refractivity contribution in [2.45, 2.75) is 26.8 Å². The summed E-state index contributed by atoms with van der Waals surface area (Å²) in [5, 5.41) is 3.43. The summed E-state index contributed by atoms with van der Waals surface area (Å²) in [4.78, 5) is 6.64. The summed E-state index contributed by atoms with van der Waals surface area (Å²) in [5.41, 5.74) is 1.23. The predicted octanol–water partition coefficient (Wildman–Crippen LogP) is 2.22. The van der Waals surface area contributed by atoms with Gasteiger partial charge in [-0.1, -0.05) is 13.0 Å². The zero-order valence-corrected chi connectivity index (χ0v) is 11.9. The first-order chi connectivity index (χ1) is 8.70. The van der Waals surface area contributed by atoms with Gasteiger partial charge in [-0.15, -0.1) is 0 Å². The zero-order valence-electron chi connectivity index (χ0n) is 11.9. The molecule has 0 radical (unpaired) electrons. The van der Waals surface area contributed by atoms with Gasteiger partial charge in [-0.05, 0) is 26.5 Å². The summed E-state index contributed by atoms with van der Waals surface area (Å²) in [6, 6.07) is 4.43. The van der Waals surface area contributed by atoms with E-state index in [9.17, 15) is 0 Å². The van der Waals surface area contributed by atoms with E-state index in [1.165, 1.54) is 5.56 Å². The minimum Gasteiger partial charge on any atom is -0.380 e. The molecule has 0 bridgehead atoms. The molecule has 4 heteroatoms. The number of likely N-dealkylation sites (N-methyl/N-ethyl adjacent to an activating group) is 1. The number of hydrogen-bond donors (Lipinski definition) is 1. The van der Waals surface area contributed by atoms with Gasteiger partial charge in [0.1, 0.15) is 5.82 Å². The van der Waals surface area contributed by atoms with Crippen LogP contribution in [-0.4, -0.2) is 38.3 Å². The lowest BCUT2D eigenvalue weighted by atomic mass is 10.1. The van der Waals surface area contributed by atoms with Gasteiger partial charge in [0.05, 0.1) is 6.61 Å². The maximum absolute atomic E-state index is 5.39. The minimum absolute atomic E-state index is 0.313. The van der Waals surface area contributed by atoms with Crippen LogP contribution in [0.25, 0.3) is 0 Å². The summed E-state index contributed by atoms with van der Waals surface area (Å²) in [7, 11) is 2.06. The van der Waals surface area contributed by atoms with Gasteiger partial charge in [0, 0.05) is 38.0 Å². The Kier molecular flexibility index (Phi) is 6.68. The quantitative estimate of drug-likeness (QED) is 0.719. The van der Waals surface area contributed by atoms with Crippen LogP contribution < -0.4 is 10.2 Å². The van der Waals surface area contributed by atoms with E-state index in [-0.39, 0.29) is 0 Å². The largest absolute Gasteiger partial charge is 0.380 e. The summed E-state index contributed by atoms with van der Waals surface area (Å²) in [6.07, 6.45) is 1.84. The number of nitrogens with one attached hydrogen (secondary N) is 1. The highest BCUT2D eigenvalue weighted by Gasteiger charge is 2.13. The third-order valence-corrected chi connectivity index (χ3v) is 2.93. The van der Waals surface area contributed by atoms with E-state index in [0.29, 0.717) is 6.04 Å². The Hall–Kier alpha value is -1.13. The minimum atomic E-state index is 0.313. The molecule has 18 heavy (non-hydrogen) atoms. The van der Waals surface area contributed by atoms with Gasteiger partial charge in [0.25, 0.3) is 0 Å². The Labute approximate surface area is 110 Å². The maximum atomic E-state index is 5.39. The molecule has 102 valence electrons. The van der Waals surface area contributed by atoms with Crippen LogP contribution in [0, 0.1) is 0 Å². The van der Waals surface area contributed by atoms with Crippen molar-refractivity contribution in [1.82, 2.24) is 10.3 Å². The van der Waals surface area contributed by atoms with Gasteiger partial charge in [0.2, 0.25) is 0 Å². The smallest absolute Gasteiger partial charge is 0.133 e. The molecule has 4 nitrogen and oxygen atoms in total. The molecule has 1 aromatic heterocycles. The molecule has 0 aliphatic carbocycles. The fraction of sp³-hybridized carbons (Fsp3) is 0.643. The third kappa shape index (κ3) is 4.27. The van der Waals surface area contributed by atoms with E-state index in [1.807, 2.05) is 19.2 Å². The summed E-state index contributed by atoms with van der Waals surface area (Å²) >= 11 is 0. The molecule has 1 rings (SSSR count). The fourth-order valence-electron chi connectivity index (χ4n) is 1.93. The van der Waals surface area contributed by atoms with Crippen molar-refractivity contribution in [2.75, 3.05) is 38.3 Å². The van der Waals surface area contributed by atoms with Crippen molar-refractivity contribution >= 4 is 5.82 Å².